The first kappa shape index (κ1) is 18.4. The van der Waals surface area contributed by atoms with Crippen LogP contribution in [0.5, 0.6) is 0 Å². The minimum absolute atomic E-state index is 0.384. The number of hydrogen-bond acceptors (Lipinski definition) is 3. The van der Waals surface area contributed by atoms with Crippen LogP contribution in [-0.2, 0) is 16.6 Å². The van der Waals surface area contributed by atoms with Gasteiger partial charge >= 0.3 is 15.5 Å². The second-order valence-corrected chi connectivity index (χ2v) is 7.80. The smallest absolute Gasteiger partial charge is 0.346 e. The molecule has 0 bridgehead atoms. The lowest BCUT2D eigenvalue weighted by atomic mass is 9.98. The third kappa shape index (κ3) is 3.45. The minimum Gasteiger partial charge on any atom is -0.346 e. The number of aromatic amines is 1. The molecule has 0 saturated carbocycles. The SMILES string of the molecule is Cc1cc(C)cc(-c2ccnc3[nH]cc(CNS(=O)(=O)C(F)(F)F)c23)c1. The van der Waals surface area contributed by atoms with E-state index in [0.717, 1.165) is 22.3 Å². The summed E-state index contributed by atoms with van der Waals surface area (Å²) in [4.78, 5) is 7.05. The first-order valence-corrected chi connectivity index (χ1v) is 9.16. The number of H-pyrrole nitrogens is 1. The number of sulfonamides is 1. The summed E-state index contributed by atoms with van der Waals surface area (Å²) >= 11 is 0. The van der Waals surface area contributed by atoms with Crippen LogP contribution in [0, 0.1) is 13.8 Å². The first-order chi connectivity index (χ1) is 12.1. The van der Waals surface area contributed by atoms with E-state index in [1.165, 1.54) is 6.20 Å². The van der Waals surface area contributed by atoms with Crippen LogP contribution in [0.4, 0.5) is 13.2 Å². The first-order valence-electron chi connectivity index (χ1n) is 7.68. The average Bonchev–Trinajstić information content (AvgIpc) is 2.94. The van der Waals surface area contributed by atoms with Gasteiger partial charge in [-0.05, 0) is 36.6 Å². The van der Waals surface area contributed by atoms with Crippen LogP contribution in [0.15, 0.2) is 36.7 Å². The van der Waals surface area contributed by atoms with Crippen LogP contribution in [0.1, 0.15) is 16.7 Å². The van der Waals surface area contributed by atoms with E-state index in [4.69, 9.17) is 0 Å². The van der Waals surface area contributed by atoms with Gasteiger partial charge in [-0.1, -0.05) is 29.3 Å². The number of benzene rings is 1. The fourth-order valence-electron chi connectivity index (χ4n) is 2.89. The fraction of sp³-hybridized carbons (Fsp3) is 0.235. The summed E-state index contributed by atoms with van der Waals surface area (Å²) in [5, 5.41) is 0.586. The van der Waals surface area contributed by atoms with E-state index in [2.05, 4.69) is 9.97 Å². The third-order valence-corrected chi connectivity index (χ3v) is 5.08. The van der Waals surface area contributed by atoms with Gasteiger partial charge in [-0.15, -0.1) is 0 Å². The molecule has 26 heavy (non-hydrogen) atoms. The van der Waals surface area contributed by atoms with Crippen LogP contribution in [0.3, 0.4) is 0 Å². The molecule has 5 nitrogen and oxygen atoms in total. The number of aromatic nitrogens is 2. The number of nitrogens with one attached hydrogen (secondary N) is 2. The predicted octanol–water partition coefficient (Wildman–Crippen LogP) is 3.79. The Balaban J connectivity index is 2.06. The number of rotatable bonds is 4. The number of aryl methyl sites for hydroxylation is 2. The van der Waals surface area contributed by atoms with Gasteiger partial charge in [0.1, 0.15) is 5.65 Å². The maximum Gasteiger partial charge on any atom is 0.511 e. The van der Waals surface area contributed by atoms with Gasteiger partial charge in [-0.3, -0.25) is 0 Å². The van der Waals surface area contributed by atoms with Crippen molar-refractivity contribution in [1.82, 2.24) is 14.7 Å². The molecule has 9 heteroatoms. The summed E-state index contributed by atoms with van der Waals surface area (Å²) in [6.45, 7) is 3.40. The Morgan fingerprint density at radius 3 is 2.42 bits per heavy atom. The molecule has 0 aliphatic heterocycles. The van der Waals surface area contributed by atoms with E-state index in [-0.39, 0.29) is 0 Å². The molecule has 0 unspecified atom stereocenters. The van der Waals surface area contributed by atoms with E-state index in [1.807, 2.05) is 32.0 Å². The standard InChI is InChI=1S/C17H16F3N3O2S/c1-10-5-11(2)7-12(6-10)14-3-4-21-16-15(14)13(8-22-16)9-23-26(24,25)17(18,19)20/h3-8,23H,9H2,1-2H3,(H,21,22). The summed E-state index contributed by atoms with van der Waals surface area (Å²) in [5.74, 6) is 0. The van der Waals surface area contributed by atoms with Crippen LogP contribution < -0.4 is 4.72 Å². The molecule has 3 aromatic rings. The van der Waals surface area contributed by atoms with Crippen LogP contribution in [0.2, 0.25) is 0 Å². The van der Waals surface area contributed by atoms with Crippen molar-refractivity contribution in [3.63, 3.8) is 0 Å². The Hall–Kier alpha value is -2.39. The van der Waals surface area contributed by atoms with Gasteiger partial charge in [0, 0.05) is 24.3 Å². The van der Waals surface area contributed by atoms with Gasteiger partial charge < -0.3 is 4.98 Å². The molecule has 2 aromatic heterocycles. The maximum atomic E-state index is 12.5. The molecule has 138 valence electrons. The molecule has 0 radical (unpaired) electrons. The molecule has 0 aliphatic carbocycles. The highest BCUT2D eigenvalue weighted by atomic mass is 32.2. The summed E-state index contributed by atoms with van der Waals surface area (Å²) in [6.07, 6.45) is 3.05. The monoisotopic (exact) mass is 383 g/mol. The van der Waals surface area contributed by atoms with E-state index in [9.17, 15) is 21.6 Å². The minimum atomic E-state index is -5.42. The average molecular weight is 383 g/mol. The van der Waals surface area contributed by atoms with Gasteiger partial charge in [-0.2, -0.15) is 13.2 Å². The lowest BCUT2D eigenvalue weighted by Gasteiger charge is -2.11. The molecule has 0 saturated heterocycles. The van der Waals surface area contributed by atoms with Crippen molar-refractivity contribution < 1.29 is 21.6 Å². The number of halogens is 3. The predicted molar refractivity (Wildman–Crippen MR) is 92.8 cm³/mol. The molecular weight excluding hydrogens is 367 g/mol. The molecule has 2 N–H and O–H groups in total. The van der Waals surface area contributed by atoms with Crippen LogP contribution in [-0.4, -0.2) is 23.9 Å². The Morgan fingerprint density at radius 2 is 1.81 bits per heavy atom. The molecular formula is C17H16F3N3O2S. The molecule has 0 fully saturated rings. The Bertz CT molecular complexity index is 1050. The number of alkyl halides is 3. The van der Waals surface area contributed by atoms with Crippen molar-refractivity contribution >= 4 is 21.1 Å². The van der Waals surface area contributed by atoms with Crippen molar-refractivity contribution in [2.75, 3.05) is 0 Å². The summed E-state index contributed by atoms with van der Waals surface area (Å²) < 4.78 is 61.7. The lowest BCUT2D eigenvalue weighted by Crippen LogP contribution is -2.35. The van der Waals surface area contributed by atoms with Gasteiger partial charge in [0.25, 0.3) is 0 Å². The number of hydrogen-bond donors (Lipinski definition) is 2. The van der Waals surface area contributed by atoms with E-state index < -0.39 is 22.1 Å². The van der Waals surface area contributed by atoms with Crippen molar-refractivity contribution in [3.8, 4) is 11.1 Å². The van der Waals surface area contributed by atoms with Crippen molar-refractivity contribution in [1.29, 1.82) is 0 Å². The van der Waals surface area contributed by atoms with Gasteiger partial charge in [0.15, 0.2) is 0 Å². The summed E-state index contributed by atoms with van der Waals surface area (Å²) in [5.41, 5.74) is -0.760. The van der Waals surface area contributed by atoms with Crippen molar-refractivity contribution in [2.24, 2.45) is 0 Å². The maximum absolute atomic E-state index is 12.5. The molecule has 0 spiro atoms. The largest absolute Gasteiger partial charge is 0.511 e. The summed E-state index contributed by atoms with van der Waals surface area (Å²) in [6, 6.07) is 7.68. The lowest BCUT2D eigenvalue weighted by molar-refractivity contribution is -0.0448. The zero-order valence-corrected chi connectivity index (χ0v) is 14.8. The Kier molecular flexibility index (Phi) is 4.53. The second kappa shape index (κ2) is 6.40. The topological polar surface area (TPSA) is 74.8 Å². The summed E-state index contributed by atoms with van der Waals surface area (Å²) in [7, 11) is -5.42. The molecule has 0 atom stereocenters. The number of nitrogens with zero attached hydrogens (tertiary/aromatic N) is 1. The fourth-order valence-corrected chi connectivity index (χ4v) is 3.40. The zero-order chi connectivity index (χ0) is 19.1. The van der Waals surface area contributed by atoms with E-state index in [0.29, 0.717) is 16.6 Å². The molecule has 0 amide bonds. The highest BCUT2D eigenvalue weighted by Crippen LogP contribution is 2.31. The van der Waals surface area contributed by atoms with Crippen LogP contribution in [0.25, 0.3) is 22.2 Å². The zero-order valence-electron chi connectivity index (χ0n) is 14.0. The van der Waals surface area contributed by atoms with Gasteiger partial charge in [0.05, 0.1) is 0 Å². The van der Waals surface area contributed by atoms with Gasteiger partial charge in [-0.25, -0.2) is 18.1 Å². The van der Waals surface area contributed by atoms with E-state index in [1.54, 1.807) is 17.0 Å². The molecule has 0 aliphatic rings. The van der Waals surface area contributed by atoms with Gasteiger partial charge in [0.2, 0.25) is 0 Å². The number of fused-ring (bicyclic) bond motifs is 1. The Morgan fingerprint density at radius 1 is 1.15 bits per heavy atom. The molecule has 2 heterocycles. The second-order valence-electron chi connectivity index (χ2n) is 6.04. The van der Waals surface area contributed by atoms with Crippen LogP contribution >= 0.6 is 0 Å². The quantitative estimate of drug-likeness (QED) is 0.720. The number of pyridine rings is 1. The normalized spacial score (nSPS) is 12.7. The highest BCUT2D eigenvalue weighted by molar-refractivity contribution is 7.90. The van der Waals surface area contributed by atoms with Crippen molar-refractivity contribution in [2.45, 2.75) is 25.9 Å². The molecule has 3 rings (SSSR count). The third-order valence-electron chi connectivity index (χ3n) is 3.95. The molecule has 1 aromatic carbocycles. The van der Waals surface area contributed by atoms with E-state index >= 15 is 0 Å². The Labute approximate surface area is 148 Å². The van der Waals surface area contributed by atoms with Crippen molar-refractivity contribution in [3.05, 3.63) is 53.3 Å². The highest BCUT2D eigenvalue weighted by Gasteiger charge is 2.45.